The van der Waals surface area contributed by atoms with Crippen LogP contribution < -0.4 is 5.32 Å². The van der Waals surface area contributed by atoms with Crippen LogP contribution in [0.25, 0.3) is 0 Å². The molecule has 0 heterocycles. The molecular formula is C12H13ClN2O5. The van der Waals surface area contributed by atoms with Gasteiger partial charge in [0.2, 0.25) is 5.91 Å². The Bertz CT molecular complexity index is 547. The lowest BCUT2D eigenvalue weighted by Crippen LogP contribution is -2.41. The third-order valence-corrected chi connectivity index (χ3v) is 2.99. The third kappa shape index (κ3) is 4.20. The first-order chi connectivity index (χ1) is 9.35. The van der Waals surface area contributed by atoms with E-state index >= 15 is 0 Å². The Kier molecular flexibility index (Phi) is 5.45. The first-order valence-electron chi connectivity index (χ1n) is 5.80. The van der Waals surface area contributed by atoms with E-state index in [1.807, 2.05) is 0 Å². The van der Waals surface area contributed by atoms with Gasteiger partial charge in [0.05, 0.1) is 16.4 Å². The lowest BCUT2D eigenvalue weighted by molar-refractivity contribution is -0.384. The summed E-state index contributed by atoms with van der Waals surface area (Å²) in [4.78, 5) is 32.4. The van der Waals surface area contributed by atoms with E-state index in [1.54, 1.807) is 6.92 Å². The normalized spacial score (nSPS) is 11.7. The number of non-ortho nitro benzene ring substituents is 1. The Morgan fingerprint density at radius 2 is 2.15 bits per heavy atom. The quantitative estimate of drug-likeness (QED) is 0.614. The molecule has 0 saturated carbocycles. The highest BCUT2D eigenvalue weighted by molar-refractivity contribution is 6.31. The molecule has 1 rings (SSSR count). The smallest absolute Gasteiger partial charge is 0.326 e. The molecule has 0 aromatic heterocycles. The topological polar surface area (TPSA) is 110 Å². The van der Waals surface area contributed by atoms with Crippen LogP contribution in [0, 0.1) is 10.1 Å². The molecule has 8 heteroatoms. The number of amides is 1. The molecule has 0 aliphatic carbocycles. The Hall–Kier alpha value is -2.15. The summed E-state index contributed by atoms with van der Waals surface area (Å²) in [6.45, 7) is 1.64. The summed E-state index contributed by atoms with van der Waals surface area (Å²) in [6, 6.07) is 2.81. The van der Waals surface area contributed by atoms with Gasteiger partial charge in [-0.3, -0.25) is 14.9 Å². The number of carbonyl (C=O) groups excluding carboxylic acids is 1. The van der Waals surface area contributed by atoms with Crippen LogP contribution in [0.3, 0.4) is 0 Å². The van der Waals surface area contributed by atoms with Crippen LogP contribution >= 0.6 is 11.6 Å². The summed E-state index contributed by atoms with van der Waals surface area (Å²) >= 11 is 5.85. The zero-order valence-electron chi connectivity index (χ0n) is 10.6. The second-order valence-electron chi connectivity index (χ2n) is 4.08. The van der Waals surface area contributed by atoms with Crippen LogP contribution in [0.5, 0.6) is 0 Å². The number of hydrogen-bond acceptors (Lipinski definition) is 4. The van der Waals surface area contributed by atoms with E-state index in [0.29, 0.717) is 5.56 Å². The van der Waals surface area contributed by atoms with E-state index in [-0.39, 0.29) is 23.6 Å². The predicted molar refractivity (Wildman–Crippen MR) is 71.7 cm³/mol. The van der Waals surface area contributed by atoms with Gasteiger partial charge in [0.15, 0.2) is 0 Å². The van der Waals surface area contributed by atoms with Crippen LogP contribution in [0.2, 0.25) is 5.02 Å². The van der Waals surface area contributed by atoms with Crippen molar-refractivity contribution in [3.63, 3.8) is 0 Å². The number of carbonyl (C=O) groups is 2. The molecular weight excluding hydrogens is 288 g/mol. The summed E-state index contributed by atoms with van der Waals surface area (Å²) < 4.78 is 0. The molecule has 0 radical (unpaired) electrons. The first kappa shape index (κ1) is 15.9. The predicted octanol–water partition coefficient (Wildman–Crippen LogP) is 1.77. The van der Waals surface area contributed by atoms with Gasteiger partial charge in [-0.1, -0.05) is 24.6 Å². The Balaban J connectivity index is 2.76. The van der Waals surface area contributed by atoms with Crippen LogP contribution in [0.1, 0.15) is 18.9 Å². The number of benzene rings is 1. The Morgan fingerprint density at radius 1 is 1.50 bits per heavy atom. The summed E-state index contributed by atoms with van der Waals surface area (Å²) in [7, 11) is 0. The van der Waals surface area contributed by atoms with Crippen molar-refractivity contribution in [2.24, 2.45) is 0 Å². The highest BCUT2D eigenvalue weighted by Crippen LogP contribution is 2.22. The van der Waals surface area contributed by atoms with E-state index < -0.39 is 22.8 Å². The summed E-state index contributed by atoms with van der Waals surface area (Å²) in [5.41, 5.74) is 0.228. The van der Waals surface area contributed by atoms with E-state index in [2.05, 4.69) is 5.32 Å². The maximum Gasteiger partial charge on any atom is 0.326 e. The van der Waals surface area contributed by atoms with Gasteiger partial charge in [-0.2, -0.15) is 0 Å². The molecule has 1 amide bonds. The number of halogens is 1. The maximum atomic E-state index is 11.7. The molecule has 0 aliphatic rings. The molecule has 1 unspecified atom stereocenters. The number of nitrogens with one attached hydrogen (secondary N) is 1. The Labute approximate surface area is 119 Å². The molecule has 0 saturated heterocycles. The number of nitro benzene ring substituents is 1. The van der Waals surface area contributed by atoms with E-state index in [0.717, 1.165) is 6.07 Å². The summed E-state index contributed by atoms with van der Waals surface area (Å²) in [5.74, 6) is -1.62. The third-order valence-electron chi connectivity index (χ3n) is 2.64. The molecule has 7 nitrogen and oxygen atoms in total. The zero-order chi connectivity index (χ0) is 15.3. The van der Waals surface area contributed by atoms with Crippen LogP contribution in [0.4, 0.5) is 5.69 Å². The van der Waals surface area contributed by atoms with Gasteiger partial charge in [-0.05, 0) is 12.0 Å². The molecule has 1 aromatic carbocycles. The number of carboxylic acid groups (broad SMARTS) is 1. The molecule has 1 aromatic rings. The van der Waals surface area contributed by atoms with Gasteiger partial charge in [0.25, 0.3) is 5.69 Å². The van der Waals surface area contributed by atoms with Gasteiger partial charge in [-0.15, -0.1) is 0 Å². The van der Waals surface area contributed by atoms with Gasteiger partial charge in [0.1, 0.15) is 6.04 Å². The fourth-order valence-corrected chi connectivity index (χ4v) is 1.79. The van der Waals surface area contributed by atoms with Crippen molar-refractivity contribution in [2.45, 2.75) is 25.8 Å². The highest BCUT2D eigenvalue weighted by Gasteiger charge is 2.18. The second kappa shape index (κ2) is 6.85. The van der Waals surface area contributed by atoms with Gasteiger partial charge >= 0.3 is 5.97 Å². The molecule has 108 valence electrons. The fourth-order valence-electron chi connectivity index (χ4n) is 1.55. The van der Waals surface area contributed by atoms with Crippen molar-refractivity contribution in [2.75, 3.05) is 0 Å². The summed E-state index contributed by atoms with van der Waals surface area (Å²) in [6.07, 6.45) is 0.121. The minimum Gasteiger partial charge on any atom is -0.480 e. The molecule has 1 atom stereocenters. The molecule has 20 heavy (non-hydrogen) atoms. The minimum absolute atomic E-state index is 0.0951. The van der Waals surface area contributed by atoms with Crippen molar-refractivity contribution >= 4 is 29.2 Å². The van der Waals surface area contributed by atoms with Crippen molar-refractivity contribution in [1.29, 1.82) is 0 Å². The molecule has 0 spiro atoms. The van der Waals surface area contributed by atoms with Gasteiger partial charge < -0.3 is 10.4 Å². The zero-order valence-corrected chi connectivity index (χ0v) is 11.4. The van der Waals surface area contributed by atoms with Crippen LogP contribution in [0.15, 0.2) is 18.2 Å². The SMILES string of the molecule is CCC(NC(=O)Cc1ccc([N+](=O)[O-])cc1Cl)C(=O)O. The minimum atomic E-state index is -1.12. The van der Waals surface area contributed by atoms with Crippen LogP contribution in [-0.4, -0.2) is 27.9 Å². The average Bonchev–Trinajstić information content (AvgIpc) is 2.37. The lowest BCUT2D eigenvalue weighted by atomic mass is 10.1. The number of rotatable bonds is 6. The van der Waals surface area contributed by atoms with Crippen molar-refractivity contribution < 1.29 is 19.6 Å². The van der Waals surface area contributed by atoms with Crippen molar-refractivity contribution in [3.8, 4) is 0 Å². The molecule has 0 fully saturated rings. The number of nitrogens with zero attached hydrogens (tertiary/aromatic N) is 1. The average molecular weight is 301 g/mol. The monoisotopic (exact) mass is 300 g/mol. The lowest BCUT2D eigenvalue weighted by Gasteiger charge is -2.12. The first-order valence-corrected chi connectivity index (χ1v) is 6.18. The standard InChI is InChI=1S/C12H13ClN2O5/c1-2-10(12(17)18)14-11(16)5-7-3-4-8(15(19)20)6-9(7)13/h3-4,6,10H,2,5H2,1H3,(H,14,16)(H,17,18). The van der Waals surface area contributed by atoms with Gasteiger partial charge in [-0.25, -0.2) is 4.79 Å². The van der Waals surface area contributed by atoms with E-state index in [9.17, 15) is 19.7 Å². The van der Waals surface area contributed by atoms with Crippen molar-refractivity contribution in [1.82, 2.24) is 5.32 Å². The largest absolute Gasteiger partial charge is 0.480 e. The fraction of sp³-hybridized carbons (Fsp3) is 0.333. The van der Waals surface area contributed by atoms with E-state index in [4.69, 9.17) is 16.7 Å². The Morgan fingerprint density at radius 3 is 2.60 bits per heavy atom. The van der Waals surface area contributed by atoms with Gasteiger partial charge in [0, 0.05) is 12.1 Å². The van der Waals surface area contributed by atoms with E-state index in [1.165, 1.54) is 12.1 Å². The highest BCUT2D eigenvalue weighted by atomic mass is 35.5. The number of hydrogen-bond donors (Lipinski definition) is 2. The second-order valence-corrected chi connectivity index (χ2v) is 4.48. The number of aliphatic carboxylic acids is 1. The van der Waals surface area contributed by atoms with Crippen LogP contribution in [-0.2, 0) is 16.0 Å². The molecule has 2 N–H and O–H groups in total. The van der Waals surface area contributed by atoms with Crippen molar-refractivity contribution in [3.05, 3.63) is 38.9 Å². The maximum absolute atomic E-state index is 11.7. The summed E-state index contributed by atoms with van der Waals surface area (Å²) in [5, 5.41) is 21.8. The molecule has 0 bridgehead atoms. The molecule has 0 aliphatic heterocycles. The number of nitro groups is 1. The number of carboxylic acids is 1.